The Morgan fingerprint density at radius 3 is 2.53 bits per heavy atom. The smallest absolute Gasteiger partial charge is 0.387 e. The highest BCUT2D eigenvalue weighted by atomic mass is 127. The molecule has 6 heteroatoms. The van der Waals surface area contributed by atoms with Gasteiger partial charge in [-0.3, -0.25) is 4.79 Å². The number of Topliss-reactive ketones (excluding diaryl/α,β-unsaturated/α-hetero) is 1. The van der Waals surface area contributed by atoms with E-state index in [2.05, 4.69) is 4.74 Å². The molecule has 0 unspecified atom stereocenters. The first-order valence-electron chi connectivity index (χ1n) is 3.86. The topological polar surface area (TPSA) is 26.3 Å². The van der Waals surface area contributed by atoms with E-state index in [4.69, 9.17) is 0 Å². The van der Waals surface area contributed by atoms with Crippen molar-refractivity contribution in [3.63, 3.8) is 0 Å². The third-order valence-electron chi connectivity index (χ3n) is 1.60. The standard InChI is InChI=1S/C9H6F3IO2/c1-4(14)6-2-5(10)3-7(8(6)13)15-9(11)12/h2-3,9H,1H3. The summed E-state index contributed by atoms with van der Waals surface area (Å²) in [5, 5.41) is 0. The van der Waals surface area contributed by atoms with E-state index < -0.39 is 18.2 Å². The molecule has 82 valence electrons. The fraction of sp³-hybridized carbons (Fsp3) is 0.222. The summed E-state index contributed by atoms with van der Waals surface area (Å²) in [5.41, 5.74) is 0.0336. The van der Waals surface area contributed by atoms with Gasteiger partial charge < -0.3 is 4.74 Å². The summed E-state index contributed by atoms with van der Waals surface area (Å²) in [6.07, 6.45) is 0. The number of ether oxygens (including phenoxy) is 1. The summed E-state index contributed by atoms with van der Waals surface area (Å²) in [4.78, 5) is 11.0. The summed E-state index contributed by atoms with van der Waals surface area (Å²) < 4.78 is 41.1. The van der Waals surface area contributed by atoms with Crippen molar-refractivity contribution in [1.29, 1.82) is 0 Å². The molecule has 0 heterocycles. The largest absolute Gasteiger partial charge is 0.434 e. The number of carbonyl (C=O) groups is 1. The monoisotopic (exact) mass is 330 g/mol. The van der Waals surface area contributed by atoms with Crippen LogP contribution in [0, 0.1) is 9.39 Å². The molecular formula is C9H6F3IO2. The van der Waals surface area contributed by atoms with Crippen LogP contribution in [0.15, 0.2) is 12.1 Å². The first-order valence-corrected chi connectivity index (χ1v) is 4.94. The fourth-order valence-electron chi connectivity index (χ4n) is 1.00. The van der Waals surface area contributed by atoms with Gasteiger partial charge in [0.2, 0.25) is 0 Å². The van der Waals surface area contributed by atoms with Crippen molar-refractivity contribution in [1.82, 2.24) is 0 Å². The van der Waals surface area contributed by atoms with Gasteiger partial charge in [0.25, 0.3) is 0 Å². The molecular weight excluding hydrogens is 324 g/mol. The molecule has 0 aliphatic carbocycles. The van der Waals surface area contributed by atoms with E-state index in [1.54, 1.807) is 22.6 Å². The molecule has 15 heavy (non-hydrogen) atoms. The number of halogens is 4. The highest BCUT2D eigenvalue weighted by Gasteiger charge is 2.15. The van der Waals surface area contributed by atoms with Crippen LogP contribution in [0.25, 0.3) is 0 Å². The normalized spacial score (nSPS) is 10.5. The molecule has 0 N–H and O–H groups in total. The van der Waals surface area contributed by atoms with E-state index in [1.807, 2.05) is 0 Å². The average Bonchev–Trinajstić information content (AvgIpc) is 2.09. The van der Waals surface area contributed by atoms with Gasteiger partial charge in [-0.25, -0.2) is 4.39 Å². The molecule has 0 fully saturated rings. The van der Waals surface area contributed by atoms with Gasteiger partial charge in [0.1, 0.15) is 11.6 Å². The van der Waals surface area contributed by atoms with Gasteiger partial charge in [0, 0.05) is 11.6 Å². The van der Waals surface area contributed by atoms with Crippen LogP contribution >= 0.6 is 22.6 Å². The molecule has 0 aliphatic rings. The zero-order valence-corrected chi connectivity index (χ0v) is 9.72. The second kappa shape index (κ2) is 4.82. The van der Waals surface area contributed by atoms with Crippen molar-refractivity contribution in [3.8, 4) is 5.75 Å². The molecule has 0 atom stereocenters. The van der Waals surface area contributed by atoms with E-state index in [1.165, 1.54) is 6.92 Å². The first kappa shape index (κ1) is 12.3. The predicted octanol–water partition coefficient (Wildman–Crippen LogP) is 3.23. The van der Waals surface area contributed by atoms with E-state index in [9.17, 15) is 18.0 Å². The summed E-state index contributed by atoms with van der Waals surface area (Å²) in [6, 6.07) is 1.81. The van der Waals surface area contributed by atoms with Gasteiger partial charge in [-0.2, -0.15) is 8.78 Å². The molecule has 0 saturated heterocycles. The molecule has 0 bridgehead atoms. The molecule has 1 aromatic carbocycles. The van der Waals surface area contributed by atoms with Crippen LogP contribution in [0.5, 0.6) is 5.75 Å². The Labute approximate surface area is 97.6 Å². The Balaban J connectivity index is 3.22. The lowest BCUT2D eigenvalue weighted by molar-refractivity contribution is -0.0506. The average molecular weight is 330 g/mol. The third kappa shape index (κ3) is 3.08. The molecule has 2 nitrogen and oxygen atoms in total. The molecule has 0 saturated carbocycles. The Kier molecular flexibility index (Phi) is 3.95. The van der Waals surface area contributed by atoms with Crippen LogP contribution in [0.2, 0.25) is 0 Å². The lowest BCUT2D eigenvalue weighted by Gasteiger charge is -2.09. The molecule has 0 amide bonds. The van der Waals surface area contributed by atoms with E-state index in [-0.39, 0.29) is 14.9 Å². The maximum Gasteiger partial charge on any atom is 0.387 e. The highest BCUT2D eigenvalue weighted by molar-refractivity contribution is 14.1. The molecule has 0 aromatic heterocycles. The zero-order valence-electron chi connectivity index (χ0n) is 7.56. The number of hydrogen-bond acceptors (Lipinski definition) is 2. The van der Waals surface area contributed by atoms with Gasteiger partial charge in [0.05, 0.1) is 3.57 Å². The molecule has 1 aromatic rings. The fourth-order valence-corrected chi connectivity index (χ4v) is 1.82. The van der Waals surface area contributed by atoms with Gasteiger partial charge in [-0.15, -0.1) is 0 Å². The lowest BCUT2D eigenvalue weighted by atomic mass is 10.1. The zero-order chi connectivity index (χ0) is 11.6. The predicted molar refractivity (Wildman–Crippen MR) is 55.8 cm³/mol. The quantitative estimate of drug-likeness (QED) is 0.628. The van der Waals surface area contributed by atoms with Crippen molar-refractivity contribution < 1.29 is 22.7 Å². The maximum atomic E-state index is 12.9. The van der Waals surface area contributed by atoms with E-state index in [0.717, 1.165) is 12.1 Å². The summed E-state index contributed by atoms with van der Waals surface area (Å²) in [7, 11) is 0. The van der Waals surface area contributed by atoms with Crippen LogP contribution in [0.3, 0.4) is 0 Å². The number of carbonyl (C=O) groups excluding carboxylic acids is 1. The number of rotatable bonds is 3. The van der Waals surface area contributed by atoms with Gasteiger partial charge in [-0.1, -0.05) is 0 Å². The lowest BCUT2D eigenvalue weighted by Crippen LogP contribution is -2.07. The van der Waals surface area contributed by atoms with Crippen LogP contribution < -0.4 is 4.74 Å². The molecule has 0 radical (unpaired) electrons. The van der Waals surface area contributed by atoms with Crippen molar-refractivity contribution in [3.05, 3.63) is 27.1 Å². The number of benzene rings is 1. The van der Waals surface area contributed by atoms with E-state index in [0.29, 0.717) is 0 Å². The second-order valence-electron chi connectivity index (χ2n) is 2.70. The minimum Gasteiger partial charge on any atom is -0.434 e. The Bertz CT molecular complexity index is 393. The van der Waals surface area contributed by atoms with Crippen molar-refractivity contribution in [2.45, 2.75) is 13.5 Å². The Hall–Kier alpha value is -0.790. The molecule has 0 spiro atoms. The maximum absolute atomic E-state index is 12.9. The summed E-state index contributed by atoms with van der Waals surface area (Å²) in [6.45, 7) is -1.82. The van der Waals surface area contributed by atoms with Gasteiger partial charge in [-0.05, 0) is 35.6 Å². The molecule has 1 rings (SSSR count). The first-order chi connectivity index (χ1) is 6.91. The van der Waals surface area contributed by atoms with Crippen molar-refractivity contribution in [2.24, 2.45) is 0 Å². The summed E-state index contributed by atoms with van der Waals surface area (Å²) >= 11 is 1.66. The SMILES string of the molecule is CC(=O)c1cc(F)cc(OC(F)F)c1I. The highest BCUT2D eigenvalue weighted by Crippen LogP contribution is 2.27. The van der Waals surface area contributed by atoms with Crippen LogP contribution in [0.1, 0.15) is 17.3 Å². The number of hydrogen-bond donors (Lipinski definition) is 0. The van der Waals surface area contributed by atoms with Crippen LogP contribution in [-0.2, 0) is 0 Å². The minimum absolute atomic E-state index is 0.0336. The number of ketones is 1. The van der Waals surface area contributed by atoms with E-state index >= 15 is 0 Å². The Morgan fingerprint density at radius 1 is 1.47 bits per heavy atom. The molecule has 0 aliphatic heterocycles. The van der Waals surface area contributed by atoms with Gasteiger partial charge in [0.15, 0.2) is 5.78 Å². The second-order valence-corrected chi connectivity index (χ2v) is 3.78. The Morgan fingerprint density at radius 2 is 2.07 bits per heavy atom. The third-order valence-corrected chi connectivity index (χ3v) is 2.71. The van der Waals surface area contributed by atoms with Crippen molar-refractivity contribution in [2.75, 3.05) is 0 Å². The van der Waals surface area contributed by atoms with Crippen LogP contribution in [-0.4, -0.2) is 12.4 Å². The number of alkyl halides is 2. The van der Waals surface area contributed by atoms with Gasteiger partial charge >= 0.3 is 6.61 Å². The summed E-state index contributed by atoms with van der Waals surface area (Å²) in [5.74, 6) is -1.51. The van der Waals surface area contributed by atoms with Crippen LogP contribution in [0.4, 0.5) is 13.2 Å². The van der Waals surface area contributed by atoms with Crippen molar-refractivity contribution >= 4 is 28.4 Å². The minimum atomic E-state index is -3.04.